The molecule has 0 radical (unpaired) electrons. The number of ether oxygens (including phenoxy) is 1. The third-order valence-corrected chi connectivity index (χ3v) is 3.80. The lowest BCUT2D eigenvalue weighted by Crippen LogP contribution is -2.53. The molecule has 0 aliphatic carbocycles. The van der Waals surface area contributed by atoms with Gasteiger partial charge in [0, 0.05) is 19.4 Å². The van der Waals surface area contributed by atoms with Gasteiger partial charge in [-0.3, -0.25) is 4.79 Å². The van der Waals surface area contributed by atoms with E-state index in [2.05, 4.69) is 20.2 Å². The van der Waals surface area contributed by atoms with Crippen LogP contribution in [0.2, 0.25) is 0 Å². The van der Waals surface area contributed by atoms with Crippen LogP contribution in [0.15, 0.2) is 12.4 Å². The van der Waals surface area contributed by atoms with E-state index in [9.17, 15) is 4.79 Å². The molecule has 0 aromatic carbocycles. The molecule has 1 aromatic rings. The highest BCUT2D eigenvalue weighted by atomic mass is 16.5. The summed E-state index contributed by atoms with van der Waals surface area (Å²) in [6.07, 6.45) is 5.01. The summed E-state index contributed by atoms with van der Waals surface area (Å²) in [4.78, 5) is 16.3. The van der Waals surface area contributed by atoms with Crippen LogP contribution in [-0.2, 0) is 21.7 Å². The first-order chi connectivity index (χ1) is 8.75. The van der Waals surface area contributed by atoms with Crippen LogP contribution in [0, 0.1) is 0 Å². The fourth-order valence-electron chi connectivity index (χ4n) is 2.87. The molecule has 98 valence electrons. The van der Waals surface area contributed by atoms with E-state index in [1.165, 1.54) is 0 Å². The van der Waals surface area contributed by atoms with Gasteiger partial charge in [-0.1, -0.05) is 0 Å². The smallest absolute Gasteiger partial charge is 0.250 e. The van der Waals surface area contributed by atoms with Crippen LogP contribution in [0.3, 0.4) is 0 Å². The number of piperidine rings is 1. The molecule has 0 saturated carbocycles. The first-order valence-electron chi connectivity index (χ1n) is 6.37. The number of aromatic nitrogens is 2. The van der Waals surface area contributed by atoms with Crippen molar-refractivity contribution >= 4 is 5.91 Å². The molecule has 3 rings (SSSR count). The van der Waals surface area contributed by atoms with Gasteiger partial charge in [-0.2, -0.15) is 0 Å². The van der Waals surface area contributed by atoms with Crippen molar-refractivity contribution in [1.82, 2.24) is 20.2 Å². The Morgan fingerprint density at radius 3 is 3.11 bits per heavy atom. The third-order valence-electron chi connectivity index (χ3n) is 3.80. The van der Waals surface area contributed by atoms with E-state index in [0.29, 0.717) is 6.54 Å². The van der Waals surface area contributed by atoms with E-state index >= 15 is 0 Å². The summed E-state index contributed by atoms with van der Waals surface area (Å²) in [5.74, 6) is 0.899. The number of rotatable bonds is 1. The van der Waals surface area contributed by atoms with Crippen molar-refractivity contribution in [1.29, 1.82) is 0 Å². The van der Waals surface area contributed by atoms with Gasteiger partial charge in [-0.05, 0) is 25.9 Å². The number of nitrogens with one attached hydrogen (secondary N) is 2. The molecule has 2 aliphatic rings. The van der Waals surface area contributed by atoms with E-state index in [1.807, 2.05) is 6.20 Å². The van der Waals surface area contributed by atoms with E-state index in [4.69, 9.17) is 4.74 Å². The third kappa shape index (κ3) is 1.72. The molecule has 1 saturated heterocycles. The lowest BCUT2D eigenvalue weighted by atomic mass is 9.89. The number of amides is 1. The Kier molecular flexibility index (Phi) is 2.83. The monoisotopic (exact) mass is 250 g/mol. The van der Waals surface area contributed by atoms with Gasteiger partial charge in [0.2, 0.25) is 0 Å². The van der Waals surface area contributed by atoms with Crippen molar-refractivity contribution in [3.63, 3.8) is 0 Å². The highest BCUT2D eigenvalue weighted by Crippen LogP contribution is 2.38. The van der Waals surface area contributed by atoms with Crippen molar-refractivity contribution < 1.29 is 9.53 Å². The maximum absolute atomic E-state index is 11.8. The highest BCUT2D eigenvalue weighted by Gasteiger charge is 2.45. The number of likely N-dealkylation sites (N-methyl/N-ethyl adjacent to an activating group) is 1. The molecule has 6 nitrogen and oxygen atoms in total. The van der Waals surface area contributed by atoms with Crippen LogP contribution in [0.1, 0.15) is 18.7 Å². The lowest BCUT2D eigenvalue weighted by Gasteiger charge is -2.42. The van der Waals surface area contributed by atoms with E-state index < -0.39 is 11.7 Å². The zero-order valence-corrected chi connectivity index (χ0v) is 10.5. The molecule has 0 bridgehead atoms. The van der Waals surface area contributed by atoms with Gasteiger partial charge in [0.15, 0.2) is 6.10 Å². The summed E-state index contributed by atoms with van der Waals surface area (Å²) in [5, 5.41) is 5.99. The number of carbonyl (C=O) groups is 1. The molecule has 2 aliphatic heterocycles. The Hall–Kier alpha value is -1.40. The van der Waals surface area contributed by atoms with Crippen LogP contribution in [-0.4, -0.2) is 41.7 Å². The van der Waals surface area contributed by atoms with Crippen LogP contribution in [0.4, 0.5) is 0 Å². The predicted molar refractivity (Wildman–Crippen MR) is 64.9 cm³/mol. The van der Waals surface area contributed by atoms with Crippen molar-refractivity contribution in [2.45, 2.75) is 31.1 Å². The lowest BCUT2D eigenvalue weighted by molar-refractivity contribution is -0.167. The molecule has 1 amide bonds. The number of imidazole rings is 1. The fraction of sp³-hybridized carbons (Fsp3) is 0.667. The molecular formula is C12H18N4O2. The maximum atomic E-state index is 11.8. The SMILES string of the molecule is CNC(=O)[C@@H]1Cn2ccnc2C2(CCNCC2)O1. The van der Waals surface area contributed by atoms with Gasteiger partial charge in [-0.25, -0.2) is 4.98 Å². The van der Waals surface area contributed by atoms with E-state index in [-0.39, 0.29) is 5.91 Å². The van der Waals surface area contributed by atoms with Gasteiger partial charge >= 0.3 is 0 Å². The average molecular weight is 250 g/mol. The average Bonchev–Trinajstić information content (AvgIpc) is 2.88. The summed E-state index contributed by atoms with van der Waals surface area (Å²) in [5.41, 5.74) is -0.399. The molecule has 1 spiro atoms. The molecule has 1 fully saturated rings. The largest absolute Gasteiger partial charge is 0.357 e. The second-order valence-electron chi connectivity index (χ2n) is 4.87. The first kappa shape index (κ1) is 11.7. The molecule has 3 heterocycles. The van der Waals surface area contributed by atoms with Gasteiger partial charge in [-0.15, -0.1) is 0 Å². The van der Waals surface area contributed by atoms with Gasteiger partial charge < -0.3 is 19.9 Å². The molecule has 0 unspecified atom stereocenters. The van der Waals surface area contributed by atoms with Crippen LogP contribution in [0.5, 0.6) is 0 Å². The zero-order valence-electron chi connectivity index (χ0n) is 10.5. The number of hydrogen-bond acceptors (Lipinski definition) is 4. The minimum absolute atomic E-state index is 0.0627. The highest BCUT2D eigenvalue weighted by molar-refractivity contribution is 5.80. The molecule has 1 atom stereocenters. The number of fused-ring (bicyclic) bond motifs is 2. The van der Waals surface area contributed by atoms with Crippen molar-refractivity contribution in [3.8, 4) is 0 Å². The second kappa shape index (κ2) is 4.37. The first-order valence-corrected chi connectivity index (χ1v) is 6.37. The van der Waals surface area contributed by atoms with Crippen LogP contribution >= 0.6 is 0 Å². The molecule has 1 aromatic heterocycles. The second-order valence-corrected chi connectivity index (χ2v) is 4.87. The standard InChI is InChI=1S/C12H18N4O2/c1-13-10(17)9-8-16-7-6-15-11(16)12(18-9)2-4-14-5-3-12/h6-7,9,14H,2-5,8H2,1H3,(H,13,17)/t9-/m0/s1. The van der Waals surface area contributed by atoms with Crippen molar-refractivity contribution in [3.05, 3.63) is 18.2 Å². The molecular weight excluding hydrogens is 232 g/mol. The number of nitrogens with zero attached hydrogens (tertiary/aromatic N) is 2. The Morgan fingerprint density at radius 2 is 2.39 bits per heavy atom. The Balaban J connectivity index is 1.96. The quantitative estimate of drug-likeness (QED) is 0.712. The van der Waals surface area contributed by atoms with Crippen LogP contribution in [0.25, 0.3) is 0 Å². The van der Waals surface area contributed by atoms with Gasteiger partial charge in [0.1, 0.15) is 11.4 Å². The Morgan fingerprint density at radius 1 is 1.61 bits per heavy atom. The number of carbonyl (C=O) groups excluding carboxylic acids is 1. The summed E-state index contributed by atoms with van der Waals surface area (Å²) in [7, 11) is 1.64. The van der Waals surface area contributed by atoms with Crippen molar-refractivity contribution in [2.75, 3.05) is 20.1 Å². The van der Waals surface area contributed by atoms with Gasteiger partial charge in [0.05, 0.1) is 6.54 Å². The minimum Gasteiger partial charge on any atom is -0.357 e. The van der Waals surface area contributed by atoms with Crippen molar-refractivity contribution in [2.24, 2.45) is 0 Å². The Labute approximate surface area is 106 Å². The predicted octanol–water partition coefficient (Wildman–Crippen LogP) is -0.393. The molecule has 2 N–H and O–H groups in total. The Bertz CT molecular complexity index is 451. The normalized spacial score (nSPS) is 25.7. The fourth-order valence-corrected chi connectivity index (χ4v) is 2.87. The molecule has 6 heteroatoms. The maximum Gasteiger partial charge on any atom is 0.250 e. The topological polar surface area (TPSA) is 68.2 Å². The van der Waals surface area contributed by atoms with E-state index in [0.717, 1.165) is 31.8 Å². The zero-order chi connectivity index (χ0) is 12.6. The summed E-state index contributed by atoms with van der Waals surface area (Å²) in [6, 6.07) is 0. The van der Waals surface area contributed by atoms with Gasteiger partial charge in [0.25, 0.3) is 5.91 Å². The summed E-state index contributed by atoms with van der Waals surface area (Å²) >= 11 is 0. The number of hydrogen-bond donors (Lipinski definition) is 2. The molecule has 18 heavy (non-hydrogen) atoms. The minimum atomic E-state index is -0.421. The summed E-state index contributed by atoms with van der Waals surface area (Å²) < 4.78 is 8.17. The van der Waals surface area contributed by atoms with E-state index in [1.54, 1.807) is 13.2 Å². The van der Waals surface area contributed by atoms with Crippen LogP contribution < -0.4 is 10.6 Å². The summed E-state index contributed by atoms with van der Waals surface area (Å²) in [6.45, 7) is 2.34.